The topological polar surface area (TPSA) is 198 Å². The zero-order valence-corrected chi connectivity index (χ0v) is 22.9. The molecule has 11 nitrogen and oxygen atoms in total. The second-order valence-electron chi connectivity index (χ2n) is 7.80. The van der Waals surface area contributed by atoms with Crippen LogP contribution in [0.15, 0.2) is 46.7 Å². The maximum Gasteiger partial charge on any atom is 0.340 e. The number of nitriles is 1. The number of fused-ring (bicyclic) bond motifs is 1. The summed E-state index contributed by atoms with van der Waals surface area (Å²) in [5.74, 6) is 0.504. The van der Waals surface area contributed by atoms with Crippen LogP contribution < -0.4 is 25.7 Å². The minimum absolute atomic E-state index is 0.0610. The number of halogens is 1. The Bertz CT molecular complexity index is 1390. The number of thiophene rings is 1. The summed E-state index contributed by atoms with van der Waals surface area (Å²) in [6.07, 6.45) is 1.28. The molecule has 7 N–H and O–H groups in total. The van der Waals surface area contributed by atoms with Crippen molar-refractivity contribution in [2.45, 2.75) is 23.5 Å². The quantitative estimate of drug-likeness (QED) is 0.146. The first-order valence-corrected chi connectivity index (χ1v) is 15.5. The molecular weight excluding hydrogens is 558 g/mol. The molecular formula is C23H30FN4O7PS2. The minimum Gasteiger partial charge on any atom is -0.490 e. The Kier molecular flexibility index (Phi) is 12.6. The van der Waals surface area contributed by atoms with Gasteiger partial charge in [-0.2, -0.15) is 9.98 Å². The molecule has 1 aromatic heterocycles. The van der Waals surface area contributed by atoms with Crippen LogP contribution in [0.1, 0.15) is 24.8 Å². The first-order chi connectivity index (χ1) is 18.0. The lowest BCUT2D eigenvalue weighted by molar-refractivity contribution is 0.263. The number of nitrogens with zero attached hydrogens (tertiary/aromatic N) is 1. The predicted molar refractivity (Wildman–Crippen MR) is 143 cm³/mol. The number of hydrogen-bond donors (Lipinski definition) is 5. The van der Waals surface area contributed by atoms with Crippen molar-refractivity contribution in [3.05, 3.63) is 53.8 Å². The molecule has 0 saturated carbocycles. The number of hydrogen-bond acceptors (Lipinski definition) is 9. The lowest BCUT2D eigenvalue weighted by Gasteiger charge is -2.13. The molecule has 3 aromatic rings. The zero-order valence-electron chi connectivity index (χ0n) is 20.4. The van der Waals surface area contributed by atoms with Gasteiger partial charge < -0.3 is 30.7 Å². The molecule has 0 aliphatic heterocycles. The highest BCUT2D eigenvalue weighted by Gasteiger charge is 2.23. The molecule has 0 aliphatic rings. The Balaban J connectivity index is 0.000000474. The van der Waals surface area contributed by atoms with Crippen molar-refractivity contribution in [1.29, 1.82) is 5.26 Å². The first-order valence-electron chi connectivity index (χ1n) is 11.4. The third kappa shape index (κ3) is 10.3. The summed E-state index contributed by atoms with van der Waals surface area (Å²) in [6, 6.07) is 12.4. The highest BCUT2D eigenvalue weighted by Crippen LogP contribution is 2.39. The molecule has 38 heavy (non-hydrogen) atoms. The maximum absolute atomic E-state index is 12.4. The summed E-state index contributed by atoms with van der Waals surface area (Å²) in [5.41, 5.74) is 11.1. The summed E-state index contributed by atoms with van der Waals surface area (Å²) in [6.45, 7) is 1.87. The maximum atomic E-state index is 12.4. The molecule has 208 valence electrons. The number of ether oxygens (including phenoxy) is 2. The second-order valence-corrected chi connectivity index (χ2v) is 12.5. The molecule has 0 saturated heterocycles. The van der Waals surface area contributed by atoms with E-state index in [1.54, 1.807) is 30.3 Å². The number of nitrogens with two attached hydrogens (primary N) is 2. The van der Waals surface area contributed by atoms with E-state index in [1.807, 2.05) is 4.72 Å². The monoisotopic (exact) mass is 588 g/mol. The highest BCUT2D eigenvalue weighted by molar-refractivity contribution is 7.92. The van der Waals surface area contributed by atoms with Gasteiger partial charge in [0.15, 0.2) is 11.5 Å². The van der Waals surface area contributed by atoms with E-state index in [4.69, 9.17) is 36.0 Å². The van der Waals surface area contributed by atoms with E-state index >= 15 is 0 Å². The number of unbranched alkanes of at least 4 members (excludes halogenated alkanes) is 1. The van der Waals surface area contributed by atoms with Gasteiger partial charge in [-0.05, 0) is 62.0 Å². The normalized spacial score (nSPS) is 11.5. The summed E-state index contributed by atoms with van der Waals surface area (Å²) >= 11 is 0.971. The van der Waals surface area contributed by atoms with Gasteiger partial charge in [-0.15, -0.1) is 11.3 Å². The Hall–Kier alpha value is -2.60. The zero-order chi connectivity index (χ0) is 28.2. The lowest BCUT2D eigenvalue weighted by Crippen LogP contribution is -2.23. The summed E-state index contributed by atoms with van der Waals surface area (Å²) in [5, 5.41) is 8.84. The first kappa shape index (κ1) is 31.6. The molecule has 2 aromatic carbocycles. The number of benzene rings is 2. The lowest BCUT2D eigenvalue weighted by atomic mass is 10.2. The molecule has 0 bridgehead atoms. The second kappa shape index (κ2) is 15.1. The van der Waals surface area contributed by atoms with Crippen LogP contribution in [0.5, 0.6) is 11.5 Å². The van der Waals surface area contributed by atoms with E-state index < -0.39 is 29.7 Å². The molecule has 0 aliphatic carbocycles. The minimum atomic E-state index is -4.51. The van der Waals surface area contributed by atoms with Crippen molar-refractivity contribution in [3.63, 3.8) is 0 Å². The van der Waals surface area contributed by atoms with Gasteiger partial charge >= 0.3 is 7.60 Å². The largest absolute Gasteiger partial charge is 0.490 e. The highest BCUT2D eigenvalue weighted by atomic mass is 32.2. The standard InChI is InChI=1S/C16H26N3O7PS2.C7H4FN/c17-4-1-2-6-25-14-10-15-12(8-13(14)26-7-3-5-18)9-16(28-15)29(23,24)19-11-27(20,21)22;8-7-4-2-1-3-6(7)5-9/h8-10,19H,1-7,11,17-18H2,(H2,20,21,22);1-4H. The summed E-state index contributed by atoms with van der Waals surface area (Å²) in [4.78, 5) is 17.8. The Morgan fingerprint density at radius 1 is 1.03 bits per heavy atom. The molecule has 0 fully saturated rings. The molecule has 0 atom stereocenters. The van der Waals surface area contributed by atoms with Crippen LogP contribution in [0.25, 0.3) is 10.1 Å². The van der Waals surface area contributed by atoms with Gasteiger partial charge in [0.1, 0.15) is 22.4 Å². The van der Waals surface area contributed by atoms with Crippen LogP contribution in [0.4, 0.5) is 4.39 Å². The molecule has 0 radical (unpaired) electrons. The Labute approximate surface area is 224 Å². The predicted octanol–water partition coefficient (Wildman–Crippen LogP) is 2.86. The third-order valence-electron chi connectivity index (χ3n) is 4.74. The Morgan fingerprint density at radius 2 is 1.66 bits per heavy atom. The van der Waals surface area contributed by atoms with Gasteiger partial charge in [-0.25, -0.2) is 12.8 Å². The van der Waals surface area contributed by atoms with Crippen molar-refractivity contribution in [1.82, 2.24) is 4.72 Å². The number of nitrogens with one attached hydrogen (secondary N) is 1. The third-order valence-corrected chi connectivity index (χ3v) is 8.50. The van der Waals surface area contributed by atoms with Crippen molar-refractivity contribution < 1.29 is 36.6 Å². The van der Waals surface area contributed by atoms with Gasteiger partial charge in [0.05, 0.1) is 18.8 Å². The van der Waals surface area contributed by atoms with E-state index in [0.29, 0.717) is 54.3 Å². The van der Waals surface area contributed by atoms with E-state index in [9.17, 15) is 17.4 Å². The van der Waals surface area contributed by atoms with Crippen LogP contribution in [0, 0.1) is 17.1 Å². The van der Waals surface area contributed by atoms with Crippen LogP contribution in [0.2, 0.25) is 0 Å². The molecule has 1 heterocycles. The van der Waals surface area contributed by atoms with Gasteiger partial charge in [0.25, 0.3) is 10.0 Å². The van der Waals surface area contributed by atoms with Crippen LogP contribution in [-0.2, 0) is 14.6 Å². The van der Waals surface area contributed by atoms with Crippen molar-refractivity contribution in [2.24, 2.45) is 11.5 Å². The van der Waals surface area contributed by atoms with Crippen LogP contribution in [-0.4, -0.2) is 50.8 Å². The fourth-order valence-corrected chi connectivity index (χ4v) is 6.33. The summed E-state index contributed by atoms with van der Waals surface area (Å²) in [7, 11) is -8.57. The van der Waals surface area contributed by atoms with E-state index in [1.165, 1.54) is 18.2 Å². The van der Waals surface area contributed by atoms with Gasteiger partial charge in [-0.3, -0.25) is 4.57 Å². The average Bonchev–Trinajstić information content (AvgIpc) is 3.30. The van der Waals surface area contributed by atoms with Crippen LogP contribution >= 0.6 is 18.9 Å². The van der Waals surface area contributed by atoms with Crippen molar-refractivity contribution in [3.8, 4) is 17.6 Å². The van der Waals surface area contributed by atoms with E-state index in [2.05, 4.69) is 0 Å². The molecule has 3 rings (SSSR count). The van der Waals surface area contributed by atoms with E-state index in [0.717, 1.165) is 24.2 Å². The van der Waals surface area contributed by atoms with Gasteiger partial charge in [0, 0.05) is 10.8 Å². The molecule has 15 heteroatoms. The van der Waals surface area contributed by atoms with Crippen molar-refractivity contribution in [2.75, 3.05) is 32.6 Å². The van der Waals surface area contributed by atoms with Gasteiger partial charge in [0.2, 0.25) is 0 Å². The fourth-order valence-electron chi connectivity index (χ4n) is 2.87. The number of rotatable bonds is 13. The van der Waals surface area contributed by atoms with Gasteiger partial charge in [-0.1, -0.05) is 12.1 Å². The SMILES string of the molecule is N#Cc1ccccc1F.NCCCCOc1cc2sc(S(=O)(=O)NCP(=O)(O)O)cc2cc1OCCCN. The van der Waals surface area contributed by atoms with Crippen LogP contribution in [0.3, 0.4) is 0 Å². The van der Waals surface area contributed by atoms with Crippen molar-refractivity contribution >= 4 is 39.0 Å². The molecule has 0 spiro atoms. The average molecular weight is 589 g/mol. The smallest absolute Gasteiger partial charge is 0.340 e. The Morgan fingerprint density at radius 3 is 2.24 bits per heavy atom. The molecule has 0 unspecified atom stereocenters. The van der Waals surface area contributed by atoms with E-state index in [-0.39, 0.29) is 9.77 Å². The molecule has 0 amide bonds. The fraction of sp³-hybridized carbons (Fsp3) is 0.348. The number of sulfonamides is 1. The summed E-state index contributed by atoms with van der Waals surface area (Å²) < 4.78 is 62.0.